The van der Waals surface area contributed by atoms with Gasteiger partial charge in [-0.1, -0.05) is 24.3 Å². The molecule has 0 aliphatic carbocycles. The smallest absolute Gasteiger partial charge is 0.256 e. The van der Waals surface area contributed by atoms with E-state index in [9.17, 15) is 9.59 Å². The number of hydrogen-bond donors (Lipinski definition) is 2. The lowest BCUT2D eigenvalue weighted by Gasteiger charge is -2.08. The lowest BCUT2D eigenvalue weighted by molar-refractivity contribution is 0.102. The van der Waals surface area contributed by atoms with Crippen molar-refractivity contribution in [3.05, 3.63) is 76.9 Å². The number of anilines is 1. The fourth-order valence-corrected chi connectivity index (χ4v) is 2.62. The number of aromatic nitrogens is 3. The molecule has 122 valence electrons. The third kappa shape index (κ3) is 2.90. The molecule has 2 aromatic heterocycles. The van der Waals surface area contributed by atoms with Gasteiger partial charge in [0.05, 0.1) is 5.56 Å². The largest absolute Gasteiger partial charge is 0.423 e. The Kier molecular flexibility index (Phi) is 3.59. The van der Waals surface area contributed by atoms with Crippen molar-refractivity contribution >= 4 is 22.5 Å². The zero-order valence-electron chi connectivity index (χ0n) is 12.9. The molecule has 0 bridgehead atoms. The molecule has 2 aromatic carbocycles. The second-order valence-corrected chi connectivity index (χ2v) is 5.37. The number of rotatable bonds is 3. The van der Waals surface area contributed by atoms with Crippen LogP contribution in [-0.4, -0.2) is 21.1 Å². The molecule has 0 unspecified atom stereocenters. The van der Waals surface area contributed by atoms with Gasteiger partial charge in [0.25, 0.3) is 5.91 Å². The summed E-state index contributed by atoms with van der Waals surface area (Å²) in [6, 6.07) is 15.5. The maximum absolute atomic E-state index is 12.7. The molecule has 7 nitrogen and oxygen atoms in total. The zero-order chi connectivity index (χ0) is 17.2. The van der Waals surface area contributed by atoms with Gasteiger partial charge < -0.3 is 14.7 Å². The Balaban J connectivity index is 1.69. The molecule has 4 aromatic rings. The van der Waals surface area contributed by atoms with E-state index in [2.05, 4.69) is 20.5 Å². The first-order valence-electron chi connectivity index (χ1n) is 7.51. The van der Waals surface area contributed by atoms with E-state index in [0.717, 1.165) is 0 Å². The van der Waals surface area contributed by atoms with E-state index in [1.807, 2.05) is 6.07 Å². The van der Waals surface area contributed by atoms with Crippen molar-refractivity contribution in [3.63, 3.8) is 0 Å². The van der Waals surface area contributed by atoms with Gasteiger partial charge in [0, 0.05) is 28.2 Å². The van der Waals surface area contributed by atoms with Crippen LogP contribution in [0.25, 0.3) is 22.4 Å². The molecule has 25 heavy (non-hydrogen) atoms. The molecular formula is C18H12N4O3. The van der Waals surface area contributed by atoms with Gasteiger partial charge in [-0.3, -0.25) is 9.59 Å². The Labute approximate surface area is 141 Å². The molecule has 0 spiro atoms. The highest BCUT2D eigenvalue weighted by atomic mass is 16.4. The minimum absolute atomic E-state index is 0.308. The number of carbonyl (C=O) groups is 1. The molecule has 1 amide bonds. The monoisotopic (exact) mass is 332 g/mol. The maximum Gasteiger partial charge on any atom is 0.256 e. The van der Waals surface area contributed by atoms with E-state index in [1.165, 1.54) is 12.5 Å². The SMILES string of the molecule is O=C(Nc1cccc(-c2nnco2)c1)c1cc(=O)[nH]c2ccccc12. The predicted molar refractivity (Wildman–Crippen MR) is 92.3 cm³/mol. The van der Waals surface area contributed by atoms with Crippen molar-refractivity contribution in [2.75, 3.05) is 5.32 Å². The van der Waals surface area contributed by atoms with Crippen LogP contribution in [0.4, 0.5) is 5.69 Å². The van der Waals surface area contributed by atoms with E-state index in [-0.39, 0.29) is 11.5 Å². The number of carbonyl (C=O) groups excluding carboxylic acids is 1. The van der Waals surface area contributed by atoms with Gasteiger partial charge in [-0.2, -0.15) is 0 Å². The van der Waals surface area contributed by atoms with Gasteiger partial charge in [0.1, 0.15) is 0 Å². The summed E-state index contributed by atoms with van der Waals surface area (Å²) in [5.74, 6) is -0.0114. The van der Waals surface area contributed by atoms with E-state index < -0.39 is 0 Å². The first-order valence-corrected chi connectivity index (χ1v) is 7.51. The van der Waals surface area contributed by atoms with Crippen molar-refractivity contribution in [2.24, 2.45) is 0 Å². The molecule has 0 aliphatic heterocycles. The van der Waals surface area contributed by atoms with Crippen LogP contribution < -0.4 is 10.9 Å². The van der Waals surface area contributed by atoms with Crippen LogP contribution in [0.3, 0.4) is 0 Å². The Morgan fingerprint density at radius 3 is 2.80 bits per heavy atom. The molecule has 2 N–H and O–H groups in total. The van der Waals surface area contributed by atoms with Crippen LogP contribution in [0.15, 0.2) is 70.2 Å². The third-order valence-electron chi connectivity index (χ3n) is 3.72. The number of nitrogens with one attached hydrogen (secondary N) is 2. The molecule has 0 saturated heterocycles. The number of pyridine rings is 1. The summed E-state index contributed by atoms with van der Waals surface area (Å²) in [6.07, 6.45) is 1.24. The van der Waals surface area contributed by atoms with Gasteiger partial charge in [0.2, 0.25) is 17.8 Å². The number of hydrogen-bond acceptors (Lipinski definition) is 5. The van der Waals surface area contributed by atoms with Crippen LogP contribution in [0.2, 0.25) is 0 Å². The topological polar surface area (TPSA) is 101 Å². The maximum atomic E-state index is 12.7. The fourth-order valence-electron chi connectivity index (χ4n) is 2.62. The molecule has 4 rings (SSSR count). The number of fused-ring (bicyclic) bond motifs is 1. The van der Waals surface area contributed by atoms with E-state index >= 15 is 0 Å². The summed E-state index contributed by atoms with van der Waals surface area (Å²) in [4.78, 5) is 27.2. The first kappa shape index (κ1) is 14.8. The van der Waals surface area contributed by atoms with Crippen LogP contribution in [0, 0.1) is 0 Å². The molecule has 0 radical (unpaired) electrons. The predicted octanol–water partition coefficient (Wildman–Crippen LogP) is 2.83. The van der Waals surface area contributed by atoms with E-state index in [4.69, 9.17) is 4.42 Å². The Hall–Kier alpha value is -3.74. The second kappa shape index (κ2) is 6.04. The van der Waals surface area contributed by atoms with Crippen molar-refractivity contribution < 1.29 is 9.21 Å². The zero-order valence-corrected chi connectivity index (χ0v) is 12.9. The molecule has 0 fully saturated rings. The Morgan fingerprint density at radius 1 is 1.08 bits per heavy atom. The number of aromatic amines is 1. The standard InChI is InChI=1S/C18H12N4O3/c23-16-9-14(13-6-1-2-7-15(13)21-16)17(24)20-12-5-3-4-11(8-12)18-22-19-10-25-18/h1-10H,(H,20,24)(H,21,23). The van der Waals surface area contributed by atoms with Crippen LogP contribution in [-0.2, 0) is 0 Å². The van der Waals surface area contributed by atoms with Gasteiger partial charge in [-0.15, -0.1) is 10.2 Å². The van der Waals surface area contributed by atoms with Gasteiger partial charge in [-0.05, 0) is 24.3 Å². The molecule has 0 atom stereocenters. The van der Waals surface area contributed by atoms with Crippen molar-refractivity contribution in [1.29, 1.82) is 0 Å². The Bertz CT molecular complexity index is 1120. The highest BCUT2D eigenvalue weighted by Crippen LogP contribution is 2.22. The summed E-state index contributed by atoms with van der Waals surface area (Å²) in [7, 11) is 0. The van der Waals surface area contributed by atoms with Gasteiger partial charge >= 0.3 is 0 Å². The summed E-state index contributed by atoms with van der Waals surface area (Å²) in [6.45, 7) is 0. The van der Waals surface area contributed by atoms with Crippen LogP contribution in [0.5, 0.6) is 0 Å². The Morgan fingerprint density at radius 2 is 1.96 bits per heavy atom. The average molecular weight is 332 g/mol. The van der Waals surface area contributed by atoms with Crippen molar-refractivity contribution in [3.8, 4) is 11.5 Å². The van der Waals surface area contributed by atoms with Gasteiger partial charge in [-0.25, -0.2) is 0 Å². The van der Waals surface area contributed by atoms with Crippen LogP contribution in [0.1, 0.15) is 10.4 Å². The number of amides is 1. The highest BCUT2D eigenvalue weighted by molar-refractivity contribution is 6.12. The summed E-state index contributed by atoms with van der Waals surface area (Å²) < 4.78 is 5.16. The first-order chi connectivity index (χ1) is 12.2. The second-order valence-electron chi connectivity index (χ2n) is 5.37. The lowest BCUT2D eigenvalue weighted by Crippen LogP contribution is -2.16. The molecular weight excluding hydrogens is 320 g/mol. The average Bonchev–Trinajstić information content (AvgIpc) is 3.16. The molecule has 7 heteroatoms. The fraction of sp³-hybridized carbons (Fsp3) is 0. The molecule has 2 heterocycles. The highest BCUT2D eigenvalue weighted by Gasteiger charge is 2.13. The normalized spacial score (nSPS) is 10.7. The number of nitrogens with zero attached hydrogens (tertiary/aromatic N) is 2. The third-order valence-corrected chi connectivity index (χ3v) is 3.72. The summed E-state index contributed by atoms with van der Waals surface area (Å²) in [5.41, 5.74) is 1.84. The van der Waals surface area contributed by atoms with E-state index in [1.54, 1.807) is 42.5 Å². The summed E-state index contributed by atoms with van der Waals surface area (Å²) in [5, 5.41) is 11.0. The summed E-state index contributed by atoms with van der Waals surface area (Å²) >= 11 is 0. The lowest BCUT2D eigenvalue weighted by atomic mass is 10.1. The number of H-pyrrole nitrogens is 1. The quantitative estimate of drug-likeness (QED) is 0.601. The molecule has 0 saturated carbocycles. The van der Waals surface area contributed by atoms with Crippen molar-refractivity contribution in [2.45, 2.75) is 0 Å². The number of para-hydroxylation sites is 1. The van der Waals surface area contributed by atoms with Crippen LogP contribution >= 0.6 is 0 Å². The minimum Gasteiger partial charge on any atom is -0.423 e. The molecule has 0 aliphatic rings. The minimum atomic E-state index is -0.370. The number of benzene rings is 2. The van der Waals surface area contributed by atoms with Crippen molar-refractivity contribution in [1.82, 2.24) is 15.2 Å². The van der Waals surface area contributed by atoms with Gasteiger partial charge in [0.15, 0.2) is 0 Å². The van der Waals surface area contributed by atoms with E-state index in [0.29, 0.717) is 33.6 Å².